The van der Waals surface area contributed by atoms with Gasteiger partial charge in [-0.15, -0.1) is 0 Å². The number of ether oxygens (including phenoxy) is 1. The number of Topliss-reactive ketones (excluding diaryl/α,β-unsaturated/α-hetero) is 1. The summed E-state index contributed by atoms with van der Waals surface area (Å²) >= 11 is 0. The van der Waals surface area contributed by atoms with Crippen molar-refractivity contribution < 1.29 is 23.8 Å². The summed E-state index contributed by atoms with van der Waals surface area (Å²) in [4.78, 5) is 25.1. The van der Waals surface area contributed by atoms with Crippen molar-refractivity contribution in [2.45, 2.75) is 18.9 Å². The largest absolute Gasteiger partial charge is 0.493 e. The average Bonchev–Trinajstić information content (AvgIpc) is 3.16. The van der Waals surface area contributed by atoms with E-state index in [1.807, 2.05) is 13.0 Å². The highest BCUT2D eigenvalue weighted by atomic mass is 16.5. The lowest BCUT2D eigenvalue weighted by Gasteiger charge is -2.19. The number of nitrogens with one attached hydrogen (secondary N) is 1. The van der Waals surface area contributed by atoms with Crippen LogP contribution in [0.1, 0.15) is 28.1 Å². The van der Waals surface area contributed by atoms with Gasteiger partial charge in [-0.3, -0.25) is 9.59 Å². The molecule has 6 heteroatoms. The first-order valence-corrected chi connectivity index (χ1v) is 8.17. The number of carbonyl (C=O) groups is 2. The van der Waals surface area contributed by atoms with Crippen molar-refractivity contribution in [1.29, 1.82) is 0 Å². The van der Waals surface area contributed by atoms with Gasteiger partial charge in [0.25, 0.3) is 5.91 Å². The number of carbonyl (C=O) groups excluding carboxylic acids is 2. The minimum Gasteiger partial charge on any atom is -0.493 e. The standard InChI is InChI=1S/C20H17NO5/c1-11-5-3-7-13-17(11)21-19(23)20(13,24)10-14(22)16-9-12-6-4-8-15(25-2)18(12)26-16/h3-9,24H,10H2,1-2H3,(H,21,23)/t20-/m1/s1. The lowest BCUT2D eigenvalue weighted by atomic mass is 9.88. The number of aliphatic hydroxyl groups is 1. The summed E-state index contributed by atoms with van der Waals surface area (Å²) in [7, 11) is 1.52. The number of hydrogen-bond donors (Lipinski definition) is 2. The third kappa shape index (κ3) is 2.30. The first-order chi connectivity index (χ1) is 12.4. The third-order valence-corrected chi connectivity index (χ3v) is 4.75. The molecule has 0 radical (unpaired) electrons. The number of rotatable bonds is 4. The average molecular weight is 351 g/mol. The summed E-state index contributed by atoms with van der Waals surface area (Å²) < 4.78 is 10.9. The molecule has 26 heavy (non-hydrogen) atoms. The van der Waals surface area contributed by atoms with E-state index in [-0.39, 0.29) is 5.76 Å². The second kappa shape index (κ2) is 5.71. The van der Waals surface area contributed by atoms with E-state index < -0.39 is 23.7 Å². The minimum absolute atomic E-state index is 0.0758. The van der Waals surface area contributed by atoms with Crippen LogP contribution in [-0.2, 0) is 10.4 Å². The Balaban J connectivity index is 1.71. The molecule has 4 rings (SSSR count). The summed E-state index contributed by atoms with van der Waals surface area (Å²) in [6, 6.07) is 12.1. The van der Waals surface area contributed by atoms with E-state index in [0.717, 1.165) is 5.56 Å². The molecular weight excluding hydrogens is 334 g/mol. The Morgan fingerprint density at radius 1 is 1.27 bits per heavy atom. The highest BCUT2D eigenvalue weighted by molar-refractivity contribution is 6.10. The maximum Gasteiger partial charge on any atom is 0.261 e. The lowest BCUT2D eigenvalue weighted by Crippen LogP contribution is -2.36. The number of fused-ring (bicyclic) bond motifs is 2. The number of benzene rings is 2. The topological polar surface area (TPSA) is 88.8 Å². The molecule has 0 unspecified atom stereocenters. The number of anilines is 1. The van der Waals surface area contributed by atoms with Gasteiger partial charge in [-0.25, -0.2) is 0 Å². The number of para-hydroxylation sites is 2. The van der Waals surface area contributed by atoms with Crippen molar-refractivity contribution in [2.24, 2.45) is 0 Å². The molecule has 0 spiro atoms. The molecule has 1 amide bonds. The number of hydrogen-bond acceptors (Lipinski definition) is 5. The normalized spacial score (nSPS) is 18.7. The predicted molar refractivity (Wildman–Crippen MR) is 95.4 cm³/mol. The summed E-state index contributed by atoms with van der Waals surface area (Å²) in [5.74, 6) is -0.481. The number of aryl methyl sites for hydroxylation is 1. The van der Waals surface area contributed by atoms with Crippen molar-refractivity contribution in [2.75, 3.05) is 12.4 Å². The van der Waals surface area contributed by atoms with E-state index in [9.17, 15) is 14.7 Å². The molecule has 0 bridgehead atoms. The molecule has 132 valence electrons. The second-order valence-electron chi connectivity index (χ2n) is 6.40. The van der Waals surface area contributed by atoms with Crippen molar-refractivity contribution in [3.8, 4) is 5.75 Å². The van der Waals surface area contributed by atoms with Crippen LogP contribution in [0.25, 0.3) is 11.0 Å². The molecule has 1 aromatic heterocycles. The zero-order chi connectivity index (χ0) is 18.5. The fraction of sp³-hybridized carbons (Fsp3) is 0.200. The fourth-order valence-electron chi connectivity index (χ4n) is 3.35. The minimum atomic E-state index is -1.92. The smallest absolute Gasteiger partial charge is 0.261 e. The van der Waals surface area contributed by atoms with Gasteiger partial charge in [-0.05, 0) is 24.6 Å². The van der Waals surface area contributed by atoms with Gasteiger partial charge in [0.05, 0.1) is 19.2 Å². The van der Waals surface area contributed by atoms with E-state index >= 15 is 0 Å². The van der Waals surface area contributed by atoms with Crippen LogP contribution in [-0.4, -0.2) is 23.9 Å². The number of furan rings is 1. The SMILES string of the molecule is COc1cccc2cc(C(=O)C[C@]3(O)C(=O)Nc4c(C)cccc43)oc12. The third-order valence-electron chi connectivity index (χ3n) is 4.75. The molecule has 2 N–H and O–H groups in total. The van der Waals surface area contributed by atoms with Gasteiger partial charge >= 0.3 is 0 Å². The molecule has 3 aromatic rings. The van der Waals surface area contributed by atoms with Crippen LogP contribution in [0.15, 0.2) is 46.9 Å². The molecule has 0 aliphatic carbocycles. The van der Waals surface area contributed by atoms with Crippen molar-refractivity contribution >= 4 is 28.3 Å². The van der Waals surface area contributed by atoms with Crippen LogP contribution in [0.4, 0.5) is 5.69 Å². The molecule has 1 aliphatic heterocycles. The Morgan fingerprint density at radius 2 is 2.04 bits per heavy atom. The Labute approximate surface area is 149 Å². The van der Waals surface area contributed by atoms with Crippen LogP contribution in [0.3, 0.4) is 0 Å². The van der Waals surface area contributed by atoms with E-state index in [1.54, 1.807) is 36.4 Å². The molecule has 2 aromatic carbocycles. The maximum absolute atomic E-state index is 12.7. The van der Waals surface area contributed by atoms with Gasteiger partial charge < -0.3 is 19.6 Å². The molecule has 2 heterocycles. The van der Waals surface area contributed by atoms with Gasteiger partial charge in [0, 0.05) is 10.9 Å². The molecule has 0 fully saturated rings. The van der Waals surface area contributed by atoms with Crippen LogP contribution >= 0.6 is 0 Å². The monoisotopic (exact) mass is 351 g/mol. The van der Waals surface area contributed by atoms with Crippen molar-refractivity contribution in [3.05, 3.63) is 59.4 Å². The van der Waals surface area contributed by atoms with Crippen LogP contribution in [0, 0.1) is 6.92 Å². The Morgan fingerprint density at radius 3 is 2.81 bits per heavy atom. The van der Waals surface area contributed by atoms with Crippen LogP contribution < -0.4 is 10.1 Å². The van der Waals surface area contributed by atoms with E-state index in [0.29, 0.717) is 28.0 Å². The Hall–Kier alpha value is -3.12. The van der Waals surface area contributed by atoms with Gasteiger partial charge in [0.15, 0.2) is 22.7 Å². The van der Waals surface area contributed by atoms with Gasteiger partial charge in [-0.1, -0.05) is 30.3 Å². The first-order valence-electron chi connectivity index (χ1n) is 8.17. The number of ketones is 1. The summed E-state index contributed by atoms with van der Waals surface area (Å²) in [6.07, 6.45) is -0.405. The fourth-order valence-corrected chi connectivity index (χ4v) is 3.35. The van der Waals surface area contributed by atoms with E-state index in [4.69, 9.17) is 9.15 Å². The molecule has 6 nitrogen and oxygen atoms in total. The van der Waals surface area contributed by atoms with Crippen molar-refractivity contribution in [1.82, 2.24) is 0 Å². The zero-order valence-electron chi connectivity index (χ0n) is 14.3. The molecule has 0 saturated carbocycles. The van der Waals surface area contributed by atoms with E-state index in [1.165, 1.54) is 7.11 Å². The molecule has 1 aliphatic rings. The second-order valence-corrected chi connectivity index (χ2v) is 6.40. The first kappa shape index (κ1) is 16.4. The number of methoxy groups -OCH3 is 1. The maximum atomic E-state index is 12.7. The summed E-state index contributed by atoms with van der Waals surface area (Å²) in [5.41, 5.74) is 0.329. The van der Waals surface area contributed by atoms with Gasteiger partial charge in [-0.2, -0.15) is 0 Å². The van der Waals surface area contributed by atoms with Crippen LogP contribution in [0.5, 0.6) is 5.75 Å². The summed E-state index contributed by atoms with van der Waals surface area (Å²) in [6.45, 7) is 1.83. The molecule has 0 saturated heterocycles. The lowest BCUT2D eigenvalue weighted by molar-refractivity contribution is -0.133. The highest BCUT2D eigenvalue weighted by Crippen LogP contribution is 2.41. The Bertz CT molecular complexity index is 1050. The quantitative estimate of drug-likeness (QED) is 0.705. The van der Waals surface area contributed by atoms with E-state index in [2.05, 4.69) is 5.32 Å². The summed E-state index contributed by atoms with van der Waals surface area (Å²) in [5, 5.41) is 14.3. The van der Waals surface area contributed by atoms with Gasteiger partial charge in [0.1, 0.15) is 0 Å². The molecule has 1 atom stereocenters. The van der Waals surface area contributed by atoms with Gasteiger partial charge in [0.2, 0.25) is 5.78 Å². The molecular formula is C20H17NO5. The zero-order valence-corrected chi connectivity index (χ0v) is 14.3. The predicted octanol–water partition coefficient (Wildman–Crippen LogP) is 3.16. The van der Waals surface area contributed by atoms with Crippen molar-refractivity contribution in [3.63, 3.8) is 0 Å². The number of amides is 1. The Kier molecular flexibility index (Phi) is 3.59. The van der Waals surface area contributed by atoms with Crippen LogP contribution in [0.2, 0.25) is 0 Å². The highest BCUT2D eigenvalue weighted by Gasteiger charge is 2.47.